The molecular formula is C18H17BrN6O. The second-order valence-corrected chi connectivity index (χ2v) is 7.34. The molecule has 0 unspecified atom stereocenters. The van der Waals surface area contributed by atoms with Gasteiger partial charge < -0.3 is 10.5 Å². The molecule has 26 heavy (non-hydrogen) atoms. The van der Waals surface area contributed by atoms with Crippen molar-refractivity contribution in [1.82, 2.24) is 24.4 Å². The Balaban J connectivity index is 1.67. The van der Waals surface area contributed by atoms with Gasteiger partial charge in [-0.1, -0.05) is 12.1 Å². The van der Waals surface area contributed by atoms with Gasteiger partial charge in [-0.2, -0.15) is 10.2 Å². The third kappa shape index (κ3) is 2.40. The Kier molecular flexibility index (Phi) is 3.68. The molecule has 1 saturated heterocycles. The first-order chi connectivity index (χ1) is 12.7. The Morgan fingerprint density at radius 2 is 2.00 bits per heavy atom. The number of halogens is 1. The zero-order valence-electron chi connectivity index (χ0n) is 14.0. The molecule has 4 aromatic rings. The maximum absolute atomic E-state index is 6.02. The second-order valence-electron chi connectivity index (χ2n) is 6.49. The normalized spacial score (nSPS) is 15.9. The highest BCUT2D eigenvalue weighted by Gasteiger charge is 2.19. The first kappa shape index (κ1) is 15.8. The summed E-state index contributed by atoms with van der Waals surface area (Å²) in [6.07, 6.45) is 5.39. The van der Waals surface area contributed by atoms with Gasteiger partial charge in [-0.05, 0) is 40.9 Å². The molecule has 0 aliphatic carbocycles. The third-order valence-electron chi connectivity index (χ3n) is 4.97. The summed E-state index contributed by atoms with van der Waals surface area (Å²) in [5, 5.41) is 10.1. The molecule has 1 fully saturated rings. The quantitative estimate of drug-likeness (QED) is 0.544. The van der Waals surface area contributed by atoms with Gasteiger partial charge in [-0.25, -0.2) is 9.50 Å². The van der Waals surface area contributed by atoms with Gasteiger partial charge in [0, 0.05) is 28.6 Å². The number of ether oxygens (including phenoxy) is 1. The maximum Gasteiger partial charge on any atom is 0.152 e. The number of hydrogen-bond acceptors (Lipinski definition) is 5. The minimum Gasteiger partial charge on any atom is -0.382 e. The van der Waals surface area contributed by atoms with Gasteiger partial charge in [0.1, 0.15) is 11.8 Å². The lowest BCUT2D eigenvalue weighted by atomic mass is 10.1. The maximum atomic E-state index is 6.02. The van der Waals surface area contributed by atoms with Gasteiger partial charge in [-0.15, -0.1) is 0 Å². The van der Waals surface area contributed by atoms with Crippen LogP contribution in [0.5, 0.6) is 0 Å². The smallest absolute Gasteiger partial charge is 0.152 e. The van der Waals surface area contributed by atoms with E-state index in [0.29, 0.717) is 11.9 Å². The Bertz CT molecular complexity index is 1110. The summed E-state index contributed by atoms with van der Waals surface area (Å²) in [5.41, 5.74) is 9.94. The first-order valence-electron chi connectivity index (χ1n) is 8.55. The molecule has 8 heteroatoms. The van der Waals surface area contributed by atoms with Crippen LogP contribution in [-0.4, -0.2) is 37.6 Å². The SMILES string of the molecule is Nc1ncnn2c(-c3ccc4cnn(C5CCOCC5)c4c3)cc(Br)c12. The van der Waals surface area contributed by atoms with Gasteiger partial charge in [0.15, 0.2) is 5.82 Å². The molecule has 1 aliphatic rings. The standard InChI is InChI=1S/C18H17BrN6O/c19-14-8-16(25-17(14)18(20)21-10-23-25)11-1-2-12-9-22-24(15(12)7-11)13-3-5-26-6-4-13/h1-2,7-10,13H,3-6H2,(H2,20,21,23). The van der Waals surface area contributed by atoms with Crippen molar-refractivity contribution in [2.45, 2.75) is 18.9 Å². The molecule has 0 amide bonds. The van der Waals surface area contributed by atoms with Crippen molar-refractivity contribution >= 4 is 38.2 Å². The molecule has 2 N–H and O–H groups in total. The fourth-order valence-corrected chi connectivity index (χ4v) is 4.23. The van der Waals surface area contributed by atoms with Crippen molar-refractivity contribution in [2.75, 3.05) is 18.9 Å². The summed E-state index contributed by atoms with van der Waals surface area (Å²) in [5.74, 6) is 0.450. The number of nitrogen functional groups attached to an aromatic ring is 1. The average Bonchev–Trinajstić information content (AvgIpc) is 3.24. The number of nitrogens with two attached hydrogens (primary N) is 1. The average molecular weight is 413 g/mol. The van der Waals surface area contributed by atoms with Crippen molar-refractivity contribution in [3.63, 3.8) is 0 Å². The van der Waals surface area contributed by atoms with E-state index in [1.165, 1.54) is 6.33 Å². The molecule has 0 bridgehead atoms. The van der Waals surface area contributed by atoms with Crippen molar-refractivity contribution in [3.8, 4) is 11.3 Å². The van der Waals surface area contributed by atoms with E-state index in [2.05, 4.69) is 54.0 Å². The molecule has 0 spiro atoms. The van der Waals surface area contributed by atoms with Gasteiger partial charge in [-0.3, -0.25) is 4.68 Å². The van der Waals surface area contributed by atoms with E-state index in [4.69, 9.17) is 10.5 Å². The number of rotatable bonds is 2. The van der Waals surface area contributed by atoms with Crippen LogP contribution in [0.4, 0.5) is 5.82 Å². The van der Waals surface area contributed by atoms with Crippen molar-refractivity contribution in [1.29, 1.82) is 0 Å². The number of fused-ring (bicyclic) bond motifs is 2. The first-order valence-corrected chi connectivity index (χ1v) is 9.35. The van der Waals surface area contributed by atoms with Gasteiger partial charge in [0.05, 0.1) is 23.4 Å². The van der Waals surface area contributed by atoms with Crippen LogP contribution in [-0.2, 0) is 4.74 Å². The topological polar surface area (TPSA) is 83.3 Å². The molecule has 4 heterocycles. The van der Waals surface area contributed by atoms with E-state index in [-0.39, 0.29) is 0 Å². The van der Waals surface area contributed by atoms with Crippen LogP contribution in [0.25, 0.3) is 27.7 Å². The van der Waals surface area contributed by atoms with Gasteiger partial charge >= 0.3 is 0 Å². The minimum atomic E-state index is 0.380. The molecule has 3 aromatic heterocycles. The van der Waals surface area contributed by atoms with E-state index >= 15 is 0 Å². The zero-order valence-corrected chi connectivity index (χ0v) is 15.6. The van der Waals surface area contributed by atoms with Crippen molar-refractivity contribution in [2.24, 2.45) is 0 Å². The van der Waals surface area contributed by atoms with Crippen LogP contribution >= 0.6 is 15.9 Å². The summed E-state index contributed by atoms with van der Waals surface area (Å²) in [6.45, 7) is 1.58. The lowest BCUT2D eigenvalue weighted by Gasteiger charge is -2.23. The fraction of sp³-hybridized carbons (Fsp3) is 0.278. The van der Waals surface area contributed by atoms with Crippen LogP contribution in [0.3, 0.4) is 0 Å². The number of anilines is 1. The summed E-state index contributed by atoms with van der Waals surface area (Å²) in [4.78, 5) is 4.08. The Morgan fingerprint density at radius 1 is 1.15 bits per heavy atom. The van der Waals surface area contributed by atoms with Crippen molar-refractivity contribution < 1.29 is 4.74 Å². The minimum absolute atomic E-state index is 0.380. The highest BCUT2D eigenvalue weighted by Crippen LogP contribution is 2.33. The third-order valence-corrected chi connectivity index (χ3v) is 5.57. The van der Waals surface area contributed by atoms with Gasteiger partial charge in [0.25, 0.3) is 0 Å². The van der Waals surface area contributed by atoms with Crippen LogP contribution in [0.2, 0.25) is 0 Å². The fourth-order valence-electron chi connectivity index (χ4n) is 3.65. The zero-order chi connectivity index (χ0) is 17.7. The lowest BCUT2D eigenvalue weighted by Crippen LogP contribution is -2.20. The molecule has 5 rings (SSSR count). The summed E-state index contributed by atoms with van der Waals surface area (Å²) >= 11 is 3.57. The Labute approximate surface area is 157 Å². The predicted octanol–water partition coefficient (Wildman–Crippen LogP) is 3.44. The van der Waals surface area contributed by atoms with E-state index in [0.717, 1.165) is 58.2 Å². The highest BCUT2D eigenvalue weighted by atomic mass is 79.9. The molecule has 0 radical (unpaired) electrons. The number of benzene rings is 1. The van der Waals surface area contributed by atoms with E-state index < -0.39 is 0 Å². The van der Waals surface area contributed by atoms with Gasteiger partial charge in [0.2, 0.25) is 0 Å². The van der Waals surface area contributed by atoms with Crippen LogP contribution in [0.15, 0.2) is 41.3 Å². The van der Waals surface area contributed by atoms with E-state index in [9.17, 15) is 0 Å². The molecule has 0 atom stereocenters. The van der Waals surface area contributed by atoms with Crippen LogP contribution in [0, 0.1) is 0 Å². The van der Waals surface area contributed by atoms with E-state index in [1.807, 2.05) is 16.8 Å². The predicted molar refractivity (Wildman–Crippen MR) is 103 cm³/mol. The molecular weight excluding hydrogens is 396 g/mol. The molecule has 1 aliphatic heterocycles. The summed E-state index contributed by atoms with van der Waals surface area (Å²) < 4.78 is 10.3. The lowest BCUT2D eigenvalue weighted by molar-refractivity contribution is 0.0675. The summed E-state index contributed by atoms with van der Waals surface area (Å²) in [6, 6.07) is 8.77. The monoisotopic (exact) mass is 412 g/mol. The molecule has 132 valence electrons. The number of nitrogens with zero attached hydrogens (tertiary/aromatic N) is 5. The van der Waals surface area contributed by atoms with Crippen LogP contribution < -0.4 is 5.73 Å². The van der Waals surface area contributed by atoms with E-state index in [1.54, 1.807) is 0 Å². The largest absolute Gasteiger partial charge is 0.382 e. The molecule has 1 aromatic carbocycles. The molecule has 0 saturated carbocycles. The Hall–Kier alpha value is -2.45. The Morgan fingerprint density at radius 3 is 2.85 bits per heavy atom. The number of aromatic nitrogens is 5. The second kappa shape index (κ2) is 6.07. The molecule has 7 nitrogen and oxygen atoms in total. The highest BCUT2D eigenvalue weighted by molar-refractivity contribution is 9.10. The summed E-state index contributed by atoms with van der Waals surface area (Å²) in [7, 11) is 0. The van der Waals surface area contributed by atoms with Crippen LogP contribution in [0.1, 0.15) is 18.9 Å². The number of hydrogen-bond donors (Lipinski definition) is 1. The van der Waals surface area contributed by atoms with Crippen molar-refractivity contribution in [3.05, 3.63) is 41.3 Å².